The summed E-state index contributed by atoms with van der Waals surface area (Å²) in [7, 11) is 0. The van der Waals surface area contributed by atoms with Gasteiger partial charge in [0.1, 0.15) is 5.69 Å². The molecule has 28 heavy (non-hydrogen) atoms. The summed E-state index contributed by atoms with van der Waals surface area (Å²) in [5, 5.41) is 6.28. The maximum Gasteiger partial charge on any atom is 0.274 e. The van der Waals surface area contributed by atoms with Gasteiger partial charge in [0.2, 0.25) is 5.91 Å². The molecule has 0 aromatic carbocycles. The molecule has 1 aromatic heterocycles. The number of piperidine rings is 3. The Labute approximate surface area is 165 Å². The average molecular weight is 386 g/mol. The predicted octanol–water partition coefficient (Wildman–Crippen LogP) is 2.05. The number of nitrogens with zero attached hydrogens (tertiary/aromatic N) is 3. The molecule has 2 bridgehead atoms. The van der Waals surface area contributed by atoms with Crippen molar-refractivity contribution in [1.29, 1.82) is 0 Å². The van der Waals surface area contributed by atoms with Crippen LogP contribution in [0.1, 0.15) is 62.9 Å². The molecule has 1 aromatic rings. The summed E-state index contributed by atoms with van der Waals surface area (Å²) >= 11 is 0. The second-order valence-corrected chi connectivity index (χ2v) is 9.07. The Morgan fingerprint density at radius 2 is 2.04 bits per heavy atom. The summed E-state index contributed by atoms with van der Waals surface area (Å²) in [6, 6.07) is 3.33. The summed E-state index contributed by atoms with van der Waals surface area (Å²) in [6.45, 7) is 5.77. The SMILES string of the molecule is CC(C)CC[C@H]1[C@H]2C[C@H](CN(C(=O)c3ccc(=O)[nH]n3)C2)[C@@H]2CCCC(=O)N21. The van der Waals surface area contributed by atoms with Crippen LogP contribution in [0.2, 0.25) is 0 Å². The Morgan fingerprint density at radius 3 is 2.75 bits per heavy atom. The van der Waals surface area contributed by atoms with Crippen molar-refractivity contribution in [3.05, 3.63) is 28.2 Å². The van der Waals surface area contributed by atoms with Crippen LogP contribution in [0.5, 0.6) is 0 Å². The number of carbonyl (C=O) groups excluding carboxylic acids is 2. The van der Waals surface area contributed by atoms with Gasteiger partial charge in [0, 0.05) is 37.7 Å². The van der Waals surface area contributed by atoms with Crippen molar-refractivity contribution in [2.45, 2.75) is 64.5 Å². The van der Waals surface area contributed by atoms with Gasteiger partial charge in [-0.25, -0.2) is 5.10 Å². The molecule has 4 heterocycles. The number of aromatic amines is 1. The summed E-state index contributed by atoms with van der Waals surface area (Å²) < 4.78 is 0. The number of aromatic nitrogens is 2. The summed E-state index contributed by atoms with van der Waals surface area (Å²) in [5.41, 5.74) is -0.0212. The number of hydrogen-bond acceptors (Lipinski definition) is 4. The summed E-state index contributed by atoms with van der Waals surface area (Å²) in [6.07, 6.45) is 5.86. The fourth-order valence-corrected chi connectivity index (χ4v) is 5.44. The molecular formula is C21H30N4O3. The van der Waals surface area contributed by atoms with Gasteiger partial charge in [-0.3, -0.25) is 14.4 Å². The van der Waals surface area contributed by atoms with Crippen LogP contribution < -0.4 is 5.56 Å². The number of H-pyrrole nitrogens is 1. The Bertz CT molecular complexity index is 785. The van der Waals surface area contributed by atoms with Gasteiger partial charge in [0.15, 0.2) is 0 Å². The molecule has 3 fully saturated rings. The highest BCUT2D eigenvalue weighted by atomic mass is 16.2. The molecule has 0 radical (unpaired) electrons. The zero-order valence-electron chi connectivity index (χ0n) is 16.8. The summed E-state index contributed by atoms with van der Waals surface area (Å²) in [5.74, 6) is 1.45. The van der Waals surface area contributed by atoms with Crippen LogP contribution in [0.15, 0.2) is 16.9 Å². The largest absolute Gasteiger partial charge is 0.337 e. The Morgan fingerprint density at radius 1 is 1.25 bits per heavy atom. The highest BCUT2D eigenvalue weighted by Gasteiger charge is 2.49. The van der Waals surface area contributed by atoms with Crippen LogP contribution in [0.25, 0.3) is 0 Å². The van der Waals surface area contributed by atoms with Gasteiger partial charge >= 0.3 is 0 Å². The highest BCUT2D eigenvalue weighted by molar-refractivity contribution is 5.92. The van der Waals surface area contributed by atoms with Gasteiger partial charge in [-0.1, -0.05) is 13.8 Å². The Hall–Kier alpha value is -2.18. The van der Waals surface area contributed by atoms with Crippen LogP contribution in [0.4, 0.5) is 0 Å². The predicted molar refractivity (Wildman–Crippen MR) is 105 cm³/mol. The van der Waals surface area contributed by atoms with Crippen molar-refractivity contribution in [1.82, 2.24) is 20.0 Å². The molecule has 0 saturated carbocycles. The number of hydrogen-bond donors (Lipinski definition) is 1. The van der Waals surface area contributed by atoms with E-state index in [1.54, 1.807) is 0 Å². The zero-order valence-corrected chi connectivity index (χ0v) is 16.8. The van der Waals surface area contributed by atoms with Gasteiger partial charge in [-0.05, 0) is 55.9 Å². The van der Waals surface area contributed by atoms with Crippen LogP contribution >= 0.6 is 0 Å². The Kier molecular flexibility index (Phi) is 5.25. The fraction of sp³-hybridized carbons (Fsp3) is 0.714. The lowest BCUT2D eigenvalue weighted by Gasteiger charge is -2.56. The lowest BCUT2D eigenvalue weighted by Crippen LogP contribution is -2.65. The molecule has 1 N–H and O–H groups in total. The number of nitrogens with one attached hydrogen (secondary N) is 1. The number of fused-ring (bicyclic) bond motifs is 4. The molecule has 0 spiro atoms. The third-order valence-corrected chi connectivity index (χ3v) is 6.72. The topological polar surface area (TPSA) is 86.4 Å². The first-order valence-electron chi connectivity index (χ1n) is 10.6. The molecule has 0 unspecified atom stereocenters. The van der Waals surface area contributed by atoms with Crippen molar-refractivity contribution < 1.29 is 9.59 Å². The van der Waals surface area contributed by atoms with Gasteiger partial charge in [-0.15, -0.1) is 0 Å². The lowest BCUT2D eigenvalue weighted by atomic mass is 9.70. The molecule has 3 saturated heterocycles. The molecule has 3 aliphatic heterocycles. The molecule has 0 aliphatic carbocycles. The lowest BCUT2D eigenvalue weighted by molar-refractivity contribution is -0.152. The van der Waals surface area contributed by atoms with Gasteiger partial charge < -0.3 is 9.80 Å². The molecule has 152 valence electrons. The van der Waals surface area contributed by atoms with Crippen molar-refractivity contribution in [2.24, 2.45) is 17.8 Å². The molecule has 7 heteroatoms. The van der Waals surface area contributed by atoms with Crippen LogP contribution in [-0.2, 0) is 4.79 Å². The van der Waals surface area contributed by atoms with E-state index in [9.17, 15) is 14.4 Å². The fourth-order valence-electron chi connectivity index (χ4n) is 5.44. The first-order valence-corrected chi connectivity index (χ1v) is 10.6. The average Bonchev–Trinajstić information content (AvgIpc) is 2.68. The van der Waals surface area contributed by atoms with Crippen molar-refractivity contribution in [2.75, 3.05) is 13.1 Å². The van der Waals surface area contributed by atoms with Crippen molar-refractivity contribution in [3.8, 4) is 0 Å². The van der Waals surface area contributed by atoms with E-state index >= 15 is 0 Å². The minimum absolute atomic E-state index is 0.121. The van der Waals surface area contributed by atoms with E-state index in [-0.39, 0.29) is 29.2 Å². The zero-order chi connectivity index (χ0) is 19.8. The van der Waals surface area contributed by atoms with E-state index < -0.39 is 0 Å². The third-order valence-electron chi connectivity index (χ3n) is 6.72. The second kappa shape index (κ2) is 7.68. The minimum Gasteiger partial charge on any atom is -0.337 e. The monoisotopic (exact) mass is 386 g/mol. The molecular weight excluding hydrogens is 356 g/mol. The minimum atomic E-state index is -0.308. The maximum atomic E-state index is 13.0. The Balaban J connectivity index is 1.58. The van der Waals surface area contributed by atoms with Crippen molar-refractivity contribution in [3.63, 3.8) is 0 Å². The molecule has 4 atom stereocenters. The number of amides is 2. The van der Waals surface area contributed by atoms with Gasteiger partial charge in [0.05, 0.1) is 0 Å². The third kappa shape index (κ3) is 3.59. The van der Waals surface area contributed by atoms with E-state index in [4.69, 9.17) is 0 Å². The van der Waals surface area contributed by atoms with Crippen LogP contribution in [0, 0.1) is 17.8 Å². The van der Waals surface area contributed by atoms with Crippen LogP contribution in [0.3, 0.4) is 0 Å². The molecule has 2 amide bonds. The number of likely N-dealkylation sites (tertiary alicyclic amines) is 1. The van der Waals surface area contributed by atoms with Crippen LogP contribution in [-0.4, -0.2) is 57.0 Å². The van der Waals surface area contributed by atoms with E-state index in [2.05, 4.69) is 28.9 Å². The second-order valence-electron chi connectivity index (χ2n) is 9.07. The quantitative estimate of drug-likeness (QED) is 0.858. The number of carbonyl (C=O) groups is 2. The van der Waals surface area contributed by atoms with Gasteiger partial charge in [0.25, 0.3) is 11.5 Å². The summed E-state index contributed by atoms with van der Waals surface area (Å²) in [4.78, 5) is 41.2. The van der Waals surface area contributed by atoms with E-state index in [1.165, 1.54) is 12.1 Å². The normalized spacial score (nSPS) is 29.8. The van der Waals surface area contributed by atoms with E-state index in [0.717, 1.165) is 32.1 Å². The standard InChI is InChI=1S/C21H30N4O3/c1-13(2)6-8-18-15-10-14(17-4-3-5-20(27)25(17)18)11-24(12-15)21(28)16-7-9-19(26)23-22-16/h7,9,13-15,17-18H,3-6,8,10-12H2,1-2H3,(H,23,26)/t14-,15+,17+,18+/m1/s1. The highest BCUT2D eigenvalue weighted by Crippen LogP contribution is 2.43. The molecule has 4 rings (SSSR count). The number of rotatable bonds is 4. The van der Waals surface area contributed by atoms with E-state index in [0.29, 0.717) is 43.2 Å². The first kappa shape index (κ1) is 19.2. The maximum absolute atomic E-state index is 13.0. The van der Waals surface area contributed by atoms with Crippen molar-refractivity contribution >= 4 is 11.8 Å². The smallest absolute Gasteiger partial charge is 0.274 e. The van der Waals surface area contributed by atoms with Gasteiger partial charge in [-0.2, -0.15) is 5.10 Å². The molecule has 7 nitrogen and oxygen atoms in total. The molecule has 3 aliphatic rings. The first-order chi connectivity index (χ1) is 13.4. The van der Waals surface area contributed by atoms with E-state index in [1.807, 2.05) is 4.90 Å².